The average molecular weight is 253 g/mol. The Labute approximate surface area is 101 Å². The van der Waals surface area contributed by atoms with Gasteiger partial charge in [-0.1, -0.05) is 6.58 Å². The number of carbonyl (C=O) groups excluding carboxylic acids is 1. The van der Waals surface area contributed by atoms with Crippen LogP contribution in [0.4, 0.5) is 10.1 Å². The van der Waals surface area contributed by atoms with Gasteiger partial charge >= 0.3 is 0 Å². The molecule has 65 valence electrons. The molecule has 1 aromatic rings. The van der Waals surface area contributed by atoms with Crippen molar-refractivity contribution in [2.75, 3.05) is 5.32 Å². The van der Waals surface area contributed by atoms with E-state index < -0.39 is 11.7 Å². The smallest absolute Gasteiger partial charge is 0.246 e. The Hall–Kier alpha value is -0.536. The third-order valence-corrected chi connectivity index (χ3v) is 1.26. The van der Waals surface area contributed by atoms with Gasteiger partial charge in [0.05, 0.1) is 0 Å². The minimum atomic E-state index is -0.507. The number of amides is 1. The Morgan fingerprint density at radius 2 is 2.38 bits per heavy atom. The zero-order valence-electron chi connectivity index (χ0n) is 6.88. The first-order valence-electron chi connectivity index (χ1n) is 3.33. The van der Waals surface area contributed by atoms with Crippen LogP contribution in [0.1, 0.15) is 0 Å². The Bertz CT molecular complexity index is 314. The van der Waals surface area contributed by atoms with Crippen LogP contribution in [-0.2, 0) is 37.5 Å². The minimum absolute atomic E-state index is 0. The normalized spacial score (nSPS) is 8.38. The van der Waals surface area contributed by atoms with Crippen LogP contribution < -0.4 is 5.32 Å². The zero-order chi connectivity index (χ0) is 8.97. The maximum Gasteiger partial charge on any atom is 0.246 e. The molecular weight excluding hydrogens is 246 g/mol. The van der Waals surface area contributed by atoms with E-state index in [0.29, 0.717) is 0 Å². The monoisotopic (exact) mass is 253 g/mol. The number of rotatable bonds is 2. The molecule has 0 aliphatic rings. The summed E-state index contributed by atoms with van der Waals surface area (Å²) in [7, 11) is 0. The fraction of sp³-hybridized carbons (Fsp3) is 0. The van der Waals surface area contributed by atoms with Crippen molar-refractivity contribution in [1.82, 2.24) is 0 Å². The predicted molar refractivity (Wildman–Crippen MR) is 44.1 cm³/mol. The first kappa shape index (κ1) is 12.5. The van der Waals surface area contributed by atoms with E-state index in [2.05, 4.69) is 18.0 Å². The molecule has 0 aliphatic heterocycles. The maximum atomic E-state index is 12.8. The van der Waals surface area contributed by atoms with Gasteiger partial charge in [0, 0.05) is 38.5 Å². The van der Waals surface area contributed by atoms with Gasteiger partial charge < -0.3 is 5.32 Å². The van der Waals surface area contributed by atoms with Gasteiger partial charge in [0.25, 0.3) is 0 Å². The van der Waals surface area contributed by atoms with Crippen molar-refractivity contribution in [2.24, 2.45) is 0 Å². The van der Waals surface area contributed by atoms with Crippen LogP contribution in [0.25, 0.3) is 0 Å². The molecule has 1 aromatic carbocycles. The Morgan fingerprint density at radius 1 is 1.69 bits per heavy atom. The van der Waals surface area contributed by atoms with E-state index in [-0.39, 0.29) is 38.4 Å². The summed E-state index contributed by atoms with van der Waals surface area (Å²) in [6.07, 6.45) is 1.08. The molecule has 0 saturated carbocycles. The van der Waals surface area contributed by atoms with E-state index in [1.54, 1.807) is 0 Å². The van der Waals surface area contributed by atoms with E-state index in [4.69, 9.17) is 0 Å². The summed E-state index contributed by atoms with van der Waals surface area (Å²) >= 11 is 0. The number of benzene rings is 1. The van der Waals surface area contributed by atoms with Crippen LogP contribution in [0, 0.1) is 11.9 Å². The van der Waals surface area contributed by atoms with Gasteiger partial charge in [-0.25, -0.2) is 0 Å². The Balaban J connectivity index is 0.00000144. The zero-order valence-corrected chi connectivity index (χ0v) is 9.72. The van der Waals surface area contributed by atoms with Crippen LogP contribution in [0.2, 0.25) is 0 Å². The van der Waals surface area contributed by atoms with Crippen molar-refractivity contribution in [1.29, 1.82) is 0 Å². The topological polar surface area (TPSA) is 29.1 Å². The van der Waals surface area contributed by atoms with Crippen LogP contribution in [-0.4, -0.2) is 5.91 Å². The summed E-state index contributed by atoms with van der Waals surface area (Å²) in [5.74, 6) is -0.937. The van der Waals surface area contributed by atoms with Gasteiger partial charge in [-0.2, -0.15) is 12.1 Å². The minimum Gasteiger partial charge on any atom is -0.343 e. The summed E-state index contributed by atoms with van der Waals surface area (Å²) in [4.78, 5) is 10.7. The van der Waals surface area contributed by atoms with E-state index in [9.17, 15) is 9.18 Å². The molecular formula is C9H7FNOY-. The Morgan fingerprint density at radius 3 is 2.92 bits per heavy atom. The van der Waals surface area contributed by atoms with Gasteiger partial charge in [-0.3, -0.25) is 9.18 Å². The van der Waals surface area contributed by atoms with Gasteiger partial charge in [0.1, 0.15) is 0 Å². The van der Waals surface area contributed by atoms with Gasteiger partial charge in [0.15, 0.2) is 0 Å². The molecule has 0 fully saturated rings. The van der Waals surface area contributed by atoms with Gasteiger partial charge in [-0.15, -0.1) is 12.1 Å². The van der Waals surface area contributed by atoms with Crippen molar-refractivity contribution in [3.8, 4) is 0 Å². The molecule has 0 aromatic heterocycles. The maximum absolute atomic E-state index is 12.8. The number of nitrogens with one attached hydrogen (secondary N) is 1. The van der Waals surface area contributed by atoms with E-state index in [1.807, 2.05) is 0 Å². The van der Waals surface area contributed by atoms with Crippen molar-refractivity contribution >= 4 is 11.6 Å². The summed E-state index contributed by atoms with van der Waals surface area (Å²) in [6, 6.07) is 6.63. The van der Waals surface area contributed by atoms with Crippen molar-refractivity contribution < 1.29 is 41.9 Å². The molecule has 1 N–H and O–H groups in total. The van der Waals surface area contributed by atoms with Gasteiger partial charge in [0.2, 0.25) is 5.91 Å². The summed E-state index contributed by atoms with van der Waals surface area (Å²) in [5.41, 5.74) is 0.138. The Kier molecular flexibility index (Phi) is 5.75. The molecule has 13 heavy (non-hydrogen) atoms. The van der Waals surface area contributed by atoms with E-state index in [0.717, 1.165) is 12.1 Å². The second-order valence-electron chi connectivity index (χ2n) is 2.10. The van der Waals surface area contributed by atoms with E-state index >= 15 is 0 Å². The quantitative estimate of drug-likeness (QED) is 0.631. The average Bonchev–Trinajstić information content (AvgIpc) is 2.09. The molecule has 0 spiro atoms. The van der Waals surface area contributed by atoms with Crippen molar-refractivity contribution in [3.05, 3.63) is 42.7 Å². The molecule has 0 bridgehead atoms. The SMILES string of the molecule is C=CC(=O)Nc1cc[c-]cc1F.[Y]. The second kappa shape index (κ2) is 6.00. The molecule has 1 rings (SSSR count). The second-order valence-corrected chi connectivity index (χ2v) is 2.10. The van der Waals surface area contributed by atoms with Crippen molar-refractivity contribution in [2.45, 2.75) is 0 Å². The molecule has 0 unspecified atom stereocenters. The largest absolute Gasteiger partial charge is 0.343 e. The number of hydrogen-bond acceptors (Lipinski definition) is 1. The third-order valence-electron chi connectivity index (χ3n) is 1.26. The third kappa shape index (κ3) is 3.79. The summed E-state index contributed by atoms with van der Waals surface area (Å²) in [6.45, 7) is 3.24. The first-order valence-corrected chi connectivity index (χ1v) is 3.33. The molecule has 0 heterocycles. The molecule has 0 aliphatic carbocycles. The molecule has 4 heteroatoms. The van der Waals surface area contributed by atoms with Crippen LogP contribution >= 0.6 is 0 Å². The number of carbonyl (C=O) groups is 1. The molecule has 0 saturated heterocycles. The first-order chi connectivity index (χ1) is 5.74. The molecule has 2 nitrogen and oxygen atoms in total. The van der Waals surface area contributed by atoms with Gasteiger partial charge in [-0.05, 0) is 11.8 Å². The van der Waals surface area contributed by atoms with Crippen LogP contribution in [0.5, 0.6) is 0 Å². The fourth-order valence-electron chi connectivity index (χ4n) is 0.695. The molecule has 0 atom stereocenters. The molecule has 1 radical (unpaired) electrons. The molecule has 1 amide bonds. The van der Waals surface area contributed by atoms with Crippen LogP contribution in [0.3, 0.4) is 0 Å². The fourth-order valence-corrected chi connectivity index (χ4v) is 0.695. The predicted octanol–water partition coefficient (Wildman–Crippen LogP) is 1.75. The summed E-state index contributed by atoms with van der Waals surface area (Å²) < 4.78 is 12.8. The number of halogens is 1. The van der Waals surface area contributed by atoms with Crippen molar-refractivity contribution in [3.63, 3.8) is 0 Å². The van der Waals surface area contributed by atoms with E-state index in [1.165, 1.54) is 12.1 Å². The van der Waals surface area contributed by atoms with Crippen LogP contribution in [0.15, 0.2) is 30.9 Å². The number of anilines is 1. The summed E-state index contributed by atoms with van der Waals surface area (Å²) in [5, 5.41) is 2.31. The number of hydrogen-bond donors (Lipinski definition) is 1. The standard InChI is InChI=1S/C9H7FNO.Y/c1-2-9(12)11-8-6-4-3-5-7(8)10;/h2,4-6H,1H2,(H,11,12);/q-1;.